The average Bonchev–Trinajstić information content (AvgIpc) is 1.91. The highest BCUT2D eigenvalue weighted by molar-refractivity contribution is 6.30. The highest BCUT2D eigenvalue weighted by atomic mass is 35.5. The first-order valence-electron chi connectivity index (χ1n) is 1.61. The number of furan rings is 1. The maximum atomic E-state index is 11.7. The van der Waals surface area contributed by atoms with Crippen LogP contribution in [0.1, 0.15) is 0 Å². The first kappa shape index (κ1) is 4.65. The molecule has 37 valence electrons. The molecular formula is C4HClFO. The van der Waals surface area contributed by atoms with Crippen LogP contribution in [-0.4, -0.2) is 0 Å². The molecule has 0 fully saturated rings. The van der Waals surface area contributed by atoms with Crippen LogP contribution in [0.2, 0.25) is 5.02 Å². The standard InChI is InChI=1S/C4HClFO/c5-3-1-2-7-4(3)6/h2H. The minimum absolute atomic E-state index is 0.0972. The zero-order valence-corrected chi connectivity index (χ0v) is 4.00. The molecule has 7 heavy (non-hydrogen) atoms. The van der Waals surface area contributed by atoms with Crippen LogP contribution in [0.4, 0.5) is 4.39 Å². The first-order chi connectivity index (χ1) is 3.30. The summed E-state index contributed by atoms with van der Waals surface area (Å²) in [7, 11) is 0. The Kier molecular flexibility index (Phi) is 1.02. The monoisotopic (exact) mass is 119 g/mol. The van der Waals surface area contributed by atoms with E-state index in [9.17, 15) is 4.39 Å². The molecule has 0 spiro atoms. The van der Waals surface area contributed by atoms with E-state index >= 15 is 0 Å². The Balaban J connectivity index is 3.12. The van der Waals surface area contributed by atoms with Gasteiger partial charge in [0.1, 0.15) is 11.3 Å². The quantitative estimate of drug-likeness (QED) is 0.508. The summed E-state index contributed by atoms with van der Waals surface area (Å²) < 4.78 is 15.9. The third-order valence-corrected chi connectivity index (χ3v) is 0.778. The van der Waals surface area contributed by atoms with Crippen molar-refractivity contribution in [3.8, 4) is 0 Å². The summed E-state index contributed by atoms with van der Waals surface area (Å²) in [5, 5.41) is -0.0972. The van der Waals surface area contributed by atoms with Crippen molar-refractivity contribution in [3.63, 3.8) is 0 Å². The fraction of sp³-hybridized carbons (Fsp3) is 0. The number of hydrogen-bond donors (Lipinski definition) is 0. The summed E-state index contributed by atoms with van der Waals surface area (Å²) >= 11 is 5.10. The molecule has 1 aromatic rings. The number of rotatable bonds is 0. The third kappa shape index (κ3) is 0.747. The predicted octanol–water partition coefficient (Wildman–Crippen LogP) is 1.87. The molecule has 1 heterocycles. The second-order valence-electron chi connectivity index (χ2n) is 0.968. The van der Waals surface area contributed by atoms with Crippen molar-refractivity contribution in [2.75, 3.05) is 0 Å². The van der Waals surface area contributed by atoms with E-state index in [1.807, 2.05) is 0 Å². The molecule has 0 N–H and O–H groups in total. The Labute approximate surface area is 44.7 Å². The minimum Gasteiger partial charge on any atom is -0.438 e. The first-order valence-corrected chi connectivity index (χ1v) is 1.98. The van der Waals surface area contributed by atoms with Gasteiger partial charge in [-0.05, 0) is 0 Å². The van der Waals surface area contributed by atoms with Crippen molar-refractivity contribution in [2.24, 2.45) is 0 Å². The molecule has 1 nitrogen and oxygen atoms in total. The molecule has 0 atom stereocenters. The van der Waals surface area contributed by atoms with Gasteiger partial charge in [0.25, 0.3) is 6.01 Å². The van der Waals surface area contributed by atoms with Gasteiger partial charge in [-0.2, -0.15) is 4.39 Å². The highest BCUT2D eigenvalue weighted by Gasteiger charge is 1.98. The molecule has 0 saturated heterocycles. The molecule has 1 radical (unpaired) electrons. The van der Waals surface area contributed by atoms with Crippen molar-refractivity contribution in [1.29, 1.82) is 0 Å². The van der Waals surface area contributed by atoms with Crippen LogP contribution in [0, 0.1) is 12.1 Å². The van der Waals surface area contributed by atoms with Gasteiger partial charge in [0.05, 0.1) is 0 Å². The van der Waals surface area contributed by atoms with Crippen LogP contribution >= 0.6 is 11.6 Å². The van der Waals surface area contributed by atoms with E-state index in [1.54, 1.807) is 0 Å². The summed E-state index contributed by atoms with van der Waals surface area (Å²) in [6.45, 7) is 0. The second kappa shape index (κ2) is 1.54. The van der Waals surface area contributed by atoms with E-state index in [2.05, 4.69) is 10.5 Å². The summed E-state index contributed by atoms with van der Waals surface area (Å²) in [6.07, 6.45) is 1.07. The summed E-state index contributed by atoms with van der Waals surface area (Å²) in [5.41, 5.74) is 0. The van der Waals surface area contributed by atoms with Crippen molar-refractivity contribution >= 4 is 11.6 Å². The predicted molar refractivity (Wildman–Crippen MR) is 22.5 cm³/mol. The summed E-state index contributed by atoms with van der Waals surface area (Å²) in [4.78, 5) is 0. The van der Waals surface area contributed by atoms with Gasteiger partial charge in [-0.1, -0.05) is 11.6 Å². The molecule has 0 saturated carbocycles. The fourth-order valence-electron chi connectivity index (χ4n) is 0.241. The number of halogens is 2. The zero-order chi connectivity index (χ0) is 5.28. The van der Waals surface area contributed by atoms with Crippen LogP contribution in [0.25, 0.3) is 0 Å². The molecule has 0 bridgehead atoms. The maximum Gasteiger partial charge on any atom is 0.297 e. The van der Waals surface area contributed by atoms with E-state index in [4.69, 9.17) is 11.6 Å². The highest BCUT2D eigenvalue weighted by Crippen LogP contribution is 2.11. The molecule has 1 aromatic heterocycles. The average molecular weight is 120 g/mol. The topological polar surface area (TPSA) is 13.1 Å². The summed E-state index contributed by atoms with van der Waals surface area (Å²) in [6, 6.07) is 1.52. The SMILES string of the molecule is Fc1oc[c]c1Cl. The molecule has 1 rings (SSSR count). The van der Waals surface area contributed by atoms with E-state index < -0.39 is 6.01 Å². The van der Waals surface area contributed by atoms with Crippen LogP contribution < -0.4 is 0 Å². The molecule has 0 aromatic carbocycles. The smallest absolute Gasteiger partial charge is 0.297 e. The maximum absolute atomic E-state index is 11.7. The van der Waals surface area contributed by atoms with E-state index in [-0.39, 0.29) is 5.02 Å². The third-order valence-electron chi connectivity index (χ3n) is 0.521. The van der Waals surface area contributed by atoms with Crippen molar-refractivity contribution in [3.05, 3.63) is 23.4 Å². The summed E-state index contributed by atoms with van der Waals surface area (Å²) in [5.74, 6) is 0. The zero-order valence-electron chi connectivity index (χ0n) is 3.24. The van der Waals surface area contributed by atoms with Crippen LogP contribution in [0.5, 0.6) is 0 Å². The van der Waals surface area contributed by atoms with Crippen LogP contribution in [0.15, 0.2) is 10.7 Å². The fourth-order valence-corrected chi connectivity index (χ4v) is 0.330. The lowest BCUT2D eigenvalue weighted by atomic mass is 10.7. The lowest BCUT2D eigenvalue weighted by molar-refractivity contribution is 0.359. The normalized spacial score (nSPS) is 9.43. The van der Waals surface area contributed by atoms with E-state index in [0.29, 0.717) is 0 Å². The molecule has 3 heteroatoms. The largest absolute Gasteiger partial charge is 0.438 e. The van der Waals surface area contributed by atoms with Crippen LogP contribution in [-0.2, 0) is 0 Å². The van der Waals surface area contributed by atoms with Gasteiger partial charge in [0, 0.05) is 6.07 Å². The van der Waals surface area contributed by atoms with E-state index in [0.717, 1.165) is 6.26 Å². The molecular weight excluding hydrogens is 118 g/mol. The lowest BCUT2D eigenvalue weighted by Crippen LogP contribution is -1.57. The van der Waals surface area contributed by atoms with Gasteiger partial charge in [-0.15, -0.1) is 0 Å². The Bertz CT molecular complexity index is 144. The van der Waals surface area contributed by atoms with Gasteiger partial charge < -0.3 is 4.42 Å². The van der Waals surface area contributed by atoms with Gasteiger partial charge >= 0.3 is 0 Å². The Morgan fingerprint density at radius 3 is 2.71 bits per heavy atom. The van der Waals surface area contributed by atoms with Gasteiger partial charge in [-0.25, -0.2) is 0 Å². The number of hydrogen-bond acceptors (Lipinski definition) is 1. The van der Waals surface area contributed by atoms with Crippen molar-refractivity contribution < 1.29 is 8.81 Å². The van der Waals surface area contributed by atoms with Gasteiger partial charge in [0.2, 0.25) is 0 Å². The van der Waals surface area contributed by atoms with Crippen LogP contribution in [0.3, 0.4) is 0 Å². The second-order valence-corrected chi connectivity index (χ2v) is 1.35. The van der Waals surface area contributed by atoms with Gasteiger partial charge in [-0.3, -0.25) is 0 Å². The Hall–Kier alpha value is -0.500. The molecule has 0 aliphatic rings. The Morgan fingerprint density at radius 1 is 1.86 bits per heavy atom. The lowest BCUT2D eigenvalue weighted by Gasteiger charge is -1.71. The molecule has 0 unspecified atom stereocenters. The molecule has 0 aliphatic carbocycles. The van der Waals surface area contributed by atoms with Crippen molar-refractivity contribution in [1.82, 2.24) is 0 Å². The minimum atomic E-state index is -0.776. The molecule has 0 aliphatic heterocycles. The Morgan fingerprint density at radius 2 is 2.57 bits per heavy atom. The van der Waals surface area contributed by atoms with E-state index in [1.165, 1.54) is 0 Å². The van der Waals surface area contributed by atoms with Gasteiger partial charge in [0.15, 0.2) is 0 Å². The van der Waals surface area contributed by atoms with Crippen molar-refractivity contribution in [2.45, 2.75) is 0 Å². The molecule has 0 amide bonds.